The Kier molecular flexibility index (Phi) is 7.30. The van der Waals surface area contributed by atoms with Crippen molar-refractivity contribution in [3.63, 3.8) is 0 Å². The Morgan fingerprint density at radius 1 is 1.11 bits per heavy atom. The Bertz CT molecular complexity index is 1810. The lowest BCUT2D eigenvalue weighted by molar-refractivity contribution is -0.117. The van der Waals surface area contributed by atoms with Crippen LogP contribution in [-0.2, 0) is 11.8 Å². The average Bonchev–Trinajstić information content (AvgIpc) is 3.37. The summed E-state index contributed by atoms with van der Waals surface area (Å²) in [5.41, 5.74) is 5.24. The van der Waals surface area contributed by atoms with Crippen LogP contribution in [0, 0.1) is 13.8 Å². The zero-order valence-electron chi connectivity index (χ0n) is 25.0. The molecule has 0 radical (unpaired) electrons. The minimum atomic E-state index is -0.0833. The van der Waals surface area contributed by atoms with E-state index in [4.69, 9.17) is 9.72 Å². The molecule has 1 atom stereocenters. The first-order chi connectivity index (χ1) is 21.4. The third-order valence-electron chi connectivity index (χ3n) is 8.00. The van der Waals surface area contributed by atoms with Crippen molar-refractivity contribution in [1.82, 2.24) is 39.6 Å². The number of aryl methyl sites for hydroxylation is 3. The van der Waals surface area contributed by atoms with Crippen molar-refractivity contribution < 1.29 is 9.53 Å². The van der Waals surface area contributed by atoms with E-state index in [0.29, 0.717) is 30.2 Å². The monoisotopic (exact) mass is 593 g/mol. The van der Waals surface area contributed by atoms with Gasteiger partial charge < -0.3 is 25.7 Å². The minimum Gasteiger partial charge on any atom is -0.472 e. The van der Waals surface area contributed by atoms with Crippen molar-refractivity contribution in [3.05, 3.63) is 60.3 Å². The number of likely N-dealkylation sites (tertiary alicyclic amines) is 1. The zero-order chi connectivity index (χ0) is 30.2. The lowest BCUT2D eigenvalue weighted by Gasteiger charge is -2.16. The number of carbonyl (C=O) groups is 1. The van der Waals surface area contributed by atoms with Crippen LogP contribution < -0.4 is 20.7 Å². The van der Waals surface area contributed by atoms with Crippen molar-refractivity contribution in [2.75, 3.05) is 35.6 Å². The molecule has 44 heavy (non-hydrogen) atoms. The molecule has 1 aromatic carbocycles. The highest BCUT2D eigenvalue weighted by Gasteiger charge is 2.27. The van der Waals surface area contributed by atoms with Gasteiger partial charge in [-0.2, -0.15) is 10.1 Å². The lowest BCUT2D eigenvalue weighted by atomic mass is 10.1. The van der Waals surface area contributed by atoms with E-state index >= 15 is 0 Å². The first-order valence-electron chi connectivity index (χ1n) is 14.9. The molecule has 0 spiro atoms. The number of amides is 1. The lowest BCUT2D eigenvalue weighted by Crippen LogP contribution is -2.33. The van der Waals surface area contributed by atoms with E-state index in [-0.39, 0.29) is 18.6 Å². The van der Waals surface area contributed by atoms with Crippen LogP contribution in [0.5, 0.6) is 5.88 Å². The maximum absolute atomic E-state index is 13.1. The summed E-state index contributed by atoms with van der Waals surface area (Å²) in [7, 11) is 1.89. The van der Waals surface area contributed by atoms with E-state index in [0.717, 1.165) is 57.9 Å². The first-order valence-corrected chi connectivity index (χ1v) is 14.9. The average molecular weight is 594 g/mol. The third kappa shape index (κ3) is 6.04. The summed E-state index contributed by atoms with van der Waals surface area (Å²) in [5.74, 6) is 2.32. The number of anilines is 4. The van der Waals surface area contributed by atoms with E-state index in [1.54, 1.807) is 23.3 Å². The molecule has 1 amide bonds. The van der Waals surface area contributed by atoms with Crippen LogP contribution >= 0.6 is 0 Å². The quantitative estimate of drug-likeness (QED) is 0.186. The molecule has 4 N–H and O–H groups in total. The second-order valence-corrected chi connectivity index (χ2v) is 11.5. The highest BCUT2D eigenvalue weighted by molar-refractivity contribution is 6.06. The Morgan fingerprint density at radius 2 is 2.00 bits per heavy atom. The highest BCUT2D eigenvalue weighted by Crippen LogP contribution is 2.33. The number of rotatable bonds is 10. The number of nitrogens with one attached hydrogen (secondary N) is 4. The summed E-state index contributed by atoms with van der Waals surface area (Å²) in [5, 5.41) is 15.0. The maximum Gasteiger partial charge on any atom is 0.238 e. The fourth-order valence-electron chi connectivity index (χ4n) is 5.48. The van der Waals surface area contributed by atoms with Crippen LogP contribution in [0.4, 0.5) is 23.3 Å². The highest BCUT2D eigenvalue weighted by atomic mass is 16.5. The van der Waals surface area contributed by atoms with Crippen molar-refractivity contribution >= 4 is 40.1 Å². The molecule has 2 fully saturated rings. The second kappa shape index (κ2) is 11.6. The van der Waals surface area contributed by atoms with Gasteiger partial charge in [0.05, 0.1) is 35.8 Å². The molecule has 1 saturated heterocycles. The summed E-state index contributed by atoms with van der Waals surface area (Å²) in [6.45, 7) is 5.65. The van der Waals surface area contributed by atoms with Crippen LogP contribution in [0.25, 0.3) is 22.2 Å². The number of benzene rings is 1. The summed E-state index contributed by atoms with van der Waals surface area (Å²) < 4.78 is 7.89. The number of carbonyl (C=O) groups excluding carboxylic acids is 1. The number of hydrogen-bond acceptors (Lipinski definition) is 10. The molecule has 1 aliphatic carbocycles. The summed E-state index contributed by atoms with van der Waals surface area (Å²) >= 11 is 0. The number of ether oxygens (including phenoxy) is 1. The van der Waals surface area contributed by atoms with E-state index in [1.807, 2.05) is 51.4 Å². The fourth-order valence-corrected chi connectivity index (χ4v) is 5.48. The largest absolute Gasteiger partial charge is 0.472 e. The van der Waals surface area contributed by atoms with E-state index < -0.39 is 0 Å². The second-order valence-electron chi connectivity index (χ2n) is 11.5. The topological polar surface area (TPSA) is 151 Å². The number of para-hydroxylation sites is 1. The van der Waals surface area contributed by atoms with Gasteiger partial charge in [-0.1, -0.05) is 12.1 Å². The number of hydrogen-bond donors (Lipinski definition) is 4. The van der Waals surface area contributed by atoms with Gasteiger partial charge in [0.2, 0.25) is 17.7 Å². The van der Waals surface area contributed by atoms with E-state index in [1.165, 1.54) is 12.8 Å². The van der Waals surface area contributed by atoms with E-state index in [2.05, 4.69) is 45.9 Å². The molecule has 5 heterocycles. The fraction of sp³-hybridized carbons (Fsp3) is 0.355. The van der Waals surface area contributed by atoms with Crippen molar-refractivity contribution in [1.29, 1.82) is 0 Å². The number of aromatic nitrogens is 7. The number of fused-ring (bicyclic) bond motifs is 1. The summed E-state index contributed by atoms with van der Waals surface area (Å²) in [4.78, 5) is 36.6. The van der Waals surface area contributed by atoms with Gasteiger partial charge in [0.25, 0.3) is 0 Å². The third-order valence-corrected chi connectivity index (χ3v) is 8.00. The molecule has 13 nitrogen and oxygen atoms in total. The predicted molar refractivity (Wildman–Crippen MR) is 168 cm³/mol. The van der Waals surface area contributed by atoms with E-state index in [9.17, 15) is 4.79 Å². The Balaban J connectivity index is 1.00. The normalized spacial score (nSPS) is 16.8. The molecular formula is C31H35N11O2. The number of aromatic amines is 1. The van der Waals surface area contributed by atoms with Crippen LogP contribution in [-0.4, -0.2) is 77.3 Å². The van der Waals surface area contributed by atoms with Crippen LogP contribution in [0.1, 0.15) is 30.5 Å². The van der Waals surface area contributed by atoms with Gasteiger partial charge in [-0.05, 0) is 44.7 Å². The molecule has 5 aromatic rings. The van der Waals surface area contributed by atoms with Gasteiger partial charge in [0, 0.05) is 61.3 Å². The first kappa shape index (κ1) is 27.8. The van der Waals surface area contributed by atoms with Gasteiger partial charge in [0.15, 0.2) is 5.82 Å². The summed E-state index contributed by atoms with van der Waals surface area (Å²) in [6, 6.07) is 8.31. The smallest absolute Gasteiger partial charge is 0.238 e. The number of nitrogens with zero attached hydrogens (tertiary/aromatic N) is 7. The zero-order valence-corrected chi connectivity index (χ0v) is 25.0. The van der Waals surface area contributed by atoms with Crippen LogP contribution in [0.3, 0.4) is 0 Å². The van der Waals surface area contributed by atoms with Crippen LogP contribution in [0.2, 0.25) is 0 Å². The van der Waals surface area contributed by atoms with Gasteiger partial charge in [-0.3, -0.25) is 19.4 Å². The van der Waals surface area contributed by atoms with Gasteiger partial charge in [-0.15, -0.1) is 0 Å². The van der Waals surface area contributed by atoms with Crippen molar-refractivity contribution in [3.8, 4) is 17.1 Å². The maximum atomic E-state index is 13.1. The molecule has 4 aromatic heterocycles. The molecule has 13 heteroatoms. The molecule has 0 bridgehead atoms. The Hall–Kier alpha value is -5.04. The van der Waals surface area contributed by atoms with Gasteiger partial charge in [-0.25, -0.2) is 9.97 Å². The molecule has 1 aliphatic heterocycles. The molecule has 0 unspecified atom stereocenters. The molecule has 226 valence electrons. The summed E-state index contributed by atoms with van der Waals surface area (Å²) in [6.07, 6.45) is 10.2. The molecule has 7 rings (SSSR count). The Labute approximate surface area is 254 Å². The standard InChI is InChI=1S/C31H35N11O2/c1-18-12-34-31(38-25-11-19(2)41(3)40-25)39-29(18)23-13-33-30-22(23)5-4-6-24(30)36-27(43)17-42-10-9-21(16-42)44-28-15-32-14-26(37-28)35-20-7-8-20/h4-6,11-15,20-21,33H,7-10,16-17H2,1-3H3,(H,35,37)(H,36,43)(H,34,38,39,40)/t21-/m0/s1. The Morgan fingerprint density at radius 3 is 2.82 bits per heavy atom. The SMILES string of the molecule is Cc1cnc(Nc2cc(C)n(C)n2)nc1-c1c[nH]c2c(NC(=O)CN3CC[C@H](Oc4cncc(NC5CC5)n4)C3)cccc12. The molecule has 2 aliphatic rings. The van der Waals surface area contributed by atoms with Crippen molar-refractivity contribution in [2.45, 2.75) is 45.3 Å². The van der Waals surface area contributed by atoms with Crippen LogP contribution in [0.15, 0.2) is 49.1 Å². The predicted octanol–water partition coefficient (Wildman–Crippen LogP) is 4.17. The minimum absolute atomic E-state index is 0.0418. The van der Waals surface area contributed by atoms with Gasteiger partial charge >= 0.3 is 0 Å². The molecule has 1 saturated carbocycles. The molecular weight excluding hydrogens is 558 g/mol. The van der Waals surface area contributed by atoms with Crippen molar-refractivity contribution in [2.24, 2.45) is 7.05 Å². The van der Waals surface area contributed by atoms with Gasteiger partial charge in [0.1, 0.15) is 11.9 Å². The number of H-pyrrole nitrogens is 1.